The summed E-state index contributed by atoms with van der Waals surface area (Å²) in [5, 5.41) is 7.74. The number of amides is 1. The highest BCUT2D eigenvalue weighted by molar-refractivity contribution is 5.81. The Hall–Kier alpha value is -2.48. The summed E-state index contributed by atoms with van der Waals surface area (Å²) < 4.78 is 7.49. The third kappa shape index (κ3) is 3.09. The number of hydrogen-bond donors (Lipinski definition) is 1. The number of rotatable bonds is 4. The van der Waals surface area contributed by atoms with Crippen molar-refractivity contribution in [2.24, 2.45) is 0 Å². The van der Waals surface area contributed by atoms with Gasteiger partial charge < -0.3 is 15.0 Å². The molecule has 0 unspecified atom stereocenters. The molecule has 2 aromatic rings. The smallest absolute Gasteiger partial charge is 0.252 e. The SMILES string of the molecule is O=C([C@H]1CCCO1)N1CCn2nc(CNc3ncccn3)cc2C1. The van der Waals surface area contributed by atoms with E-state index in [9.17, 15) is 4.79 Å². The molecule has 8 nitrogen and oxygen atoms in total. The number of hydrogen-bond acceptors (Lipinski definition) is 6. The first-order valence-corrected chi connectivity index (χ1v) is 8.26. The predicted molar refractivity (Wildman–Crippen MR) is 86.0 cm³/mol. The summed E-state index contributed by atoms with van der Waals surface area (Å²) in [6.45, 7) is 3.24. The van der Waals surface area contributed by atoms with Gasteiger partial charge in [0, 0.05) is 25.5 Å². The first-order valence-electron chi connectivity index (χ1n) is 8.26. The molecular formula is C16H20N6O2. The van der Waals surface area contributed by atoms with Gasteiger partial charge in [-0.05, 0) is 25.0 Å². The second-order valence-corrected chi connectivity index (χ2v) is 6.04. The van der Waals surface area contributed by atoms with E-state index in [2.05, 4.69) is 20.4 Å². The molecule has 24 heavy (non-hydrogen) atoms. The van der Waals surface area contributed by atoms with E-state index >= 15 is 0 Å². The summed E-state index contributed by atoms with van der Waals surface area (Å²) >= 11 is 0. The van der Waals surface area contributed by atoms with Crippen LogP contribution in [0, 0.1) is 0 Å². The molecule has 2 aliphatic rings. The fourth-order valence-electron chi connectivity index (χ4n) is 3.14. The van der Waals surface area contributed by atoms with Crippen LogP contribution in [-0.2, 0) is 29.2 Å². The average Bonchev–Trinajstić information content (AvgIpc) is 3.29. The normalized spacial score (nSPS) is 20.0. The maximum atomic E-state index is 12.5. The molecule has 1 fully saturated rings. The summed E-state index contributed by atoms with van der Waals surface area (Å²) in [5.74, 6) is 0.691. The van der Waals surface area contributed by atoms with Crippen LogP contribution in [0.2, 0.25) is 0 Å². The van der Waals surface area contributed by atoms with Gasteiger partial charge >= 0.3 is 0 Å². The van der Waals surface area contributed by atoms with Crippen LogP contribution in [0.3, 0.4) is 0 Å². The fraction of sp³-hybridized carbons (Fsp3) is 0.500. The Labute approximate surface area is 139 Å². The van der Waals surface area contributed by atoms with Gasteiger partial charge in [-0.25, -0.2) is 9.97 Å². The van der Waals surface area contributed by atoms with Crippen molar-refractivity contribution in [3.8, 4) is 0 Å². The van der Waals surface area contributed by atoms with Gasteiger partial charge in [0.1, 0.15) is 6.10 Å². The average molecular weight is 328 g/mol. The minimum absolute atomic E-state index is 0.109. The second-order valence-electron chi connectivity index (χ2n) is 6.04. The molecule has 8 heteroatoms. The van der Waals surface area contributed by atoms with Gasteiger partial charge in [-0.15, -0.1) is 0 Å². The molecule has 4 heterocycles. The van der Waals surface area contributed by atoms with Crippen LogP contribution >= 0.6 is 0 Å². The fourth-order valence-corrected chi connectivity index (χ4v) is 3.14. The molecule has 0 aromatic carbocycles. The molecule has 1 saturated heterocycles. The van der Waals surface area contributed by atoms with Gasteiger partial charge in [0.15, 0.2) is 0 Å². The highest BCUT2D eigenvalue weighted by Gasteiger charge is 2.30. The third-order valence-corrected chi connectivity index (χ3v) is 4.36. The third-order valence-electron chi connectivity index (χ3n) is 4.36. The lowest BCUT2D eigenvalue weighted by molar-refractivity contribution is -0.142. The topological polar surface area (TPSA) is 85.2 Å². The molecule has 1 atom stereocenters. The van der Waals surface area contributed by atoms with Gasteiger partial charge in [-0.3, -0.25) is 9.48 Å². The molecule has 126 valence electrons. The standard InChI is InChI=1S/C16H20N6O2/c23-15(14-3-1-8-24-14)21-6-7-22-13(11-21)9-12(20-22)10-19-16-17-4-2-5-18-16/h2,4-5,9,14H,1,3,6-8,10-11H2,(H,17,18,19)/t14-/m1/s1. The van der Waals surface area contributed by atoms with E-state index in [-0.39, 0.29) is 12.0 Å². The Morgan fingerprint density at radius 1 is 1.33 bits per heavy atom. The summed E-state index contributed by atoms with van der Waals surface area (Å²) in [6.07, 6.45) is 4.95. The number of anilines is 1. The number of nitrogens with one attached hydrogen (secondary N) is 1. The molecule has 0 spiro atoms. The van der Waals surface area contributed by atoms with Crippen LogP contribution in [0.15, 0.2) is 24.5 Å². The zero-order valence-electron chi connectivity index (χ0n) is 13.4. The van der Waals surface area contributed by atoms with E-state index in [1.54, 1.807) is 18.5 Å². The van der Waals surface area contributed by atoms with E-state index in [4.69, 9.17) is 4.74 Å². The number of nitrogens with zero attached hydrogens (tertiary/aromatic N) is 5. The molecule has 0 radical (unpaired) electrons. The molecule has 1 N–H and O–H groups in total. The number of fused-ring (bicyclic) bond motifs is 1. The Morgan fingerprint density at radius 2 is 2.21 bits per heavy atom. The van der Waals surface area contributed by atoms with Crippen molar-refractivity contribution in [2.75, 3.05) is 18.5 Å². The zero-order chi connectivity index (χ0) is 16.4. The van der Waals surface area contributed by atoms with Gasteiger partial charge in [0.2, 0.25) is 5.95 Å². The lowest BCUT2D eigenvalue weighted by Gasteiger charge is -2.29. The van der Waals surface area contributed by atoms with Gasteiger partial charge in [-0.2, -0.15) is 5.10 Å². The minimum Gasteiger partial charge on any atom is -0.368 e. The van der Waals surface area contributed by atoms with Crippen LogP contribution in [0.4, 0.5) is 5.95 Å². The van der Waals surface area contributed by atoms with Crippen molar-refractivity contribution >= 4 is 11.9 Å². The quantitative estimate of drug-likeness (QED) is 0.894. The number of carbonyl (C=O) groups is 1. The summed E-state index contributed by atoms with van der Waals surface area (Å²) in [6, 6.07) is 3.81. The Balaban J connectivity index is 1.39. The molecular weight excluding hydrogens is 308 g/mol. The first-order chi connectivity index (χ1) is 11.8. The van der Waals surface area contributed by atoms with Gasteiger partial charge in [-0.1, -0.05) is 0 Å². The predicted octanol–water partition coefficient (Wildman–Crippen LogP) is 0.806. The molecule has 4 rings (SSSR count). The van der Waals surface area contributed by atoms with E-state index in [0.29, 0.717) is 32.2 Å². The lowest BCUT2D eigenvalue weighted by Crippen LogP contribution is -2.43. The van der Waals surface area contributed by atoms with E-state index in [1.807, 2.05) is 15.6 Å². The highest BCUT2D eigenvalue weighted by Crippen LogP contribution is 2.19. The zero-order valence-corrected chi connectivity index (χ0v) is 13.4. The summed E-state index contributed by atoms with van der Waals surface area (Å²) in [4.78, 5) is 22.6. The maximum Gasteiger partial charge on any atom is 0.252 e. The van der Waals surface area contributed by atoms with Crippen molar-refractivity contribution in [3.05, 3.63) is 35.9 Å². The molecule has 0 saturated carbocycles. The van der Waals surface area contributed by atoms with Crippen molar-refractivity contribution in [1.82, 2.24) is 24.6 Å². The largest absolute Gasteiger partial charge is 0.368 e. The maximum absolute atomic E-state index is 12.5. The van der Waals surface area contributed by atoms with Crippen LogP contribution in [0.25, 0.3) is 0 Å². The van der Waals surface area contributed by atoms with E-state index in [0.717, 1.165) is 30.8 Å². The van der Waals surface area contributed by atoms with E-state index in [1.165, 1.54) is 0 Å². The van der Waals surface area contributed by atoms with Crippen molar-refractivity contribution in [2.45, 2.75) is 38.6 Å². The van der Waals surface area contributed by atoms with Crippen molar-refractivity contribution in [3.63, 3.8) is 0 Å². The second kappa shape index (κ2) is 6.56. The van der Waals surface area contributed by atoms with Crippen molar-refractivity contribution < 1.29 is 9.53 Å². The number of aromatic nitrogens is 4. The van der Waals surface area contributed by atoms with E-state index < -0.39 is 0 Å². The highest BCUT2D eigenvalue weighted by atomic mass is 16.5. The Bertz CT molecular complexity index is 711. The van der Waals surface area contributed by atoms with Crippen molar-refractivity contribution in [1.29, 1.82) is 0 Å². The molecule has 1 amide bonds. The molecule has 2 aliphatic heterocycles. The summed E-state index contributed by atoms with van der Waals surface area (Å²) in [5.41, 5.74) is 1.97. The minimum atomic E-state index is -0.254. The monoisotopic (exact) mass is 328 g/mol. The van der Waals surface area contributed by atoms with Crippen LogP contribution in [0.5, 0.6) is 0 Å². The molecule has 2 aromatic heterocycles. The Kier molecular flexibility index (Phi) is 4.12. The molecule has 0 bridgehead atoms. The van der Waals surface area contributed by atoms with Crippen LogP contribution < -0.4 is 5.32 Å². The first kappa shape index (κ1) is 15.1. The Morgan fingerprint density at radius 3 is 3.00 bits per heavy atom. The summed E-state index contributed by atoms with van der Waals surface area (Å²) in [7, 11) is 0. The van der Waals surface area contributed by atoms with Crippen LogP contribution in [-0.4, -0.2) is 49.8 Å². The number of ether oxygens (including phenoxy) is 1. The van der Waals surface area contributed by atoms with Gasteiger partial charge in [0.05, 0.1) is 31.0 Å². The van der Waals surface area contributed by atoms with Crippen LogP contribution in [0.1, 0.15) is 24.2 Å². The number of carbonyl (C=O) groups excluding carboxylic acids is 1. The lowest BCUT2D eigenvalue weighted by atomic mass is 10.2. The molecule has 0 aliphatic carbocycles. The van der Waals surface area contributed by atoms with Gasteiger partial charge in [0.25, 0.3) is 5.91 Å².